The Balaban J connectivity index is 1.90. The average molecular weight is 390 g/mol. The zero-order valence-electron chi connectivity index (χ0n) is 12.6. The molecular weight excluding hydrogens is 375 g/mol. The van der Waals surface area contributed by atoms with E-state index in [1.54, 1.807) is 24.3 Å². The molecule has 2 heterocycles. The lowest BCUT2D eigenvalue weighted by Crippen LogP contribution is -2.54. The summed E-state index contributed by atoms with van der Waals surface area (Å²) in [4.78, 5) is 26.5. The Kier molecular flexibility index (Phi) is 5.06. The van der Waals surface area contributed by atoms with Crippen LogP contribution in [0.5, 0.6) is 0 Å². The number of benzene rings is 1. The molecule has 1 unspecified atom stereocenters. The maximum atomic E-state index is 12.5. The third-order valence-electron chi connectivity index (χ3n) is 3.97. The number of nitrogens with zero attached hydrogens (tertiary/aromatic N) is 1. The van der Waals surface area contributed by atoms with Crippen molar-refractivity contribution in [2.45, 2.75) is 22.8 Å². The van der Waals surface area contributed by atoms with Crippen LogP contribution in [0.15, 0.2) is 39.5 Å². The van der Waals surface area contributed by atoms with E-state index >= 15 is 0 Å². The van der Waals surface area contributed by atoms with Gasteiger partial charge in [-0.05, 0) is 25.0 Å². The van der Waals surface area contributed by atoms with E-state index in [4.69, 9.17) is 39.2 Å². The second kappa shape index (κ2) is 6.92. The van der Waals surface area contributed by atoms with Gasteiger partial charge < -0.3 is 9.73 Å². The number of alkyl halides is 3. The van der Waals surface area contributed by atoms with E-state index in [9.17, 15) is 9.59 Å². The van der Waals surface area contributed by atoms with E-state index < -0.39 is 21.5 Å². The summed E-state index contributed by atoms with van der Waals surface area (Å²) in [6.45, 7) is 1.43. The zero-order valence-corrected chi connectivity index (χ0v) is 14.9. The van der Waals surface area contributed by atoms with Gasteiger partial charge in [0.05, 0.1) is 0 Å². The molecule has 1 N–H and O–H groups in total. The van der Waals surface area contributed by atoms with Crippen LogP contribution in [-0.2, 0) is 0 Å². The minimum absolute atomic E-state index is 0.118. The van der Waals surface area contributed by atoms with Gasteiger partial charge in [-0.2, -0.15) is 0 Å². The van der Waals surface area contributed by atoms with Gasteiger partial charge in [-0.15, -0.1) is 0 Å². The minimum atomic E-state index is -1.71. The van der Waals surface area contributed by atoms with Crippen LogP contribution in [0.2, 0.25) is 0 Å². The Morgan fingerprint density at radius 1 is 1.21 bits per heavy atom. The fourth-order valence-electron chi connectivity index (χ4n) is 2.80. The number of carbonyl (C=O) groups is 1. The normalized spacial score (nSPS) is 17.1. The van der Waals surface area contributed by atoms with Gasteiger partial charge in [0.1, 0.15) is 17.3 Å². The first-order valence-corrected chi connectivity index (χ1v) is 8.64. The molecule has 0 aliphatic carbocycles. The highest BCUT2D eigenvalue weighted by Crippen LogP contribution is 2.33. The van der Waals surface area contributed by atoms with E-state index in [0.717, 1.165) is 12.8 Å². The predicted molar refractivity (Wildman–Crippen MR) is 94.8 cm³/mol. The molecule has 1 saturated heterocycles. The number of hydrogen-bond acceptors (Lipinski definition) is 4. The van der Waals surface area contributed by atoms with Gasteiger partial charge in [0.25, 0.3) is 5.91 Å². The van der Waals surface area contributed by atoms with Crippen LogP contribution in [0.4, 0.5) is 0 Å². The van der Waals surface area contributed by atoms with Crippen LogP contribution in [-0.4, -0.2) is 33.9 Å². The molecule has 1 aromatic carbocycles. The van der Waals surface area contributed by atoms with Crippen molar-refractivity contribution in [2.24, 2.45) is 0 Å². The van der Waals surface area contributed by atoms with Crippen LogP contribution >= 0.6 is 34.8 Å². The molecule has 1 amide bonds. The second-order valence-corrected chi connectivity index (χ2v) is 8.01. The van der Waals surface area contributed by atoms with Crippen LogP contribution < -0.4 is 10.9 Å². The fourth-order valence-corrected chi connectivity index (χ4v) is 3.38. The van der Waals surface area contributed by atoms with Crippen molar-refractivity contribution in [1.82, 2.24) is 10.2 Å². The van der Waals surface area contributed by atoms with Crippen LogP contribution in [0, 0.1) is 0 Å². The maximum Gasteiger partial charge on any atom is 0.349 e. The lowest BCUT2D eigenvalue weighted by Gasteiger charge is -2.33. The van der Waals surface area contributed by atoms with Crippen molar-refractivity contribution in [3.63, 3.8) is 0 Å². The summed E-state index contributed by atoms with van der Waals surface area (Å²) >= 11 is 18.1. The number of nitrogens with one attached hydrogen (secondary N) is 1. The molecule has 5 nitrogen and oxygen atoms in total. The van der Waals surface area contributed by atoms with Gasteiger partial charge in [-0.25, -0.2) is 4.79 Å². The molecule has 3 rings (SSSR count). The Labute approximate surface area is 153 Å². The lowest BCUT2D eigenvalue weighted by molar-refractivity contribution is 0.0871. The molecule has 1 atom stereocenters. The molecule has 1 fully saturated rings. The van der Waals surface area contributed by atoms with Crippen molar-refractivity contribution >= 4 is 51.7 Å². The summed E-state index contributed by atoms with van der Waals surface area (Å²) in [5.41, 5.74) is -0.431. The molecule has 0 spiro atoms. The molecule has 128 valence electrons. The summed E-state index contributed by atoms with van der Waals surface area (Å²) in [7, 11) is 0. The number of rotatable bonds is 3. The van der Waals surface area contributed by atoms with E-state index in [2.05, 4.69) is 5.32 Å². The molecule has 0 saturated carbocycles. The highest BCUT2D eigenvalue weighted by Gasteiger charge is 2.39. The second-order valence-electron chi connectivity index (χ2n) is 5.65. The Bertz CT molecular complexity index is 810. The molecule has 2 aromatic rings. The molecule has 1 aromatic heterocycles. The van der Waals surface area contributed by atoms with Crippen molar-refractivity contribution in [2.75, 3.05) is 13.1 Å². The largest absolute Gasteiger partial charge is 0.422 e. The smallest absolute Gasteiger partial charge is 0.349 e. The predicted octanol–water partition coefficient (Wildman–Crippen LogP) is 3.31. The van der Waals surface area contributed by atoms with Gasteiger partial charge in [0.2, 0.25) is 3.79 Å². The lowest BCUT2D eigenvalue weighted by atomic mass is 10.2. The molecule has 8 heteroatoms. The number of fused-ring (bicyclic) bond motifs is 1. The van der Waals surface area contributed by atoms with Crippen molar-refractivity contribution in [3.05, 3.63) is 46.3 Å². The number of para-hydroxylation sites is 1. The van der Waals surface area contributed by atoms with Crippen LogP contribution in [0.1, 0.15) is 23.2 Å². The van der Waals surface area contributed by atoms with Gasteiger partial charge in [0.15, 0.2) is 0 Å². The standard InChI is InChI=1S/C16H15Cl3N2O3/c17-16(18,19)15(21-7-3-4-8-21)20-13(22)11-9-10-5-1-2-6-12(10)24-14(11)23/h1-2,5-6,9,15H,3-4,7-8H2,(H,20,22). The van der Waals surface area contributed by atoms with E-state index in [0.29, 0.717) is 24.1 Å². The number of amides is 1. The number of likely N-dealkylation sites (tertiary alicyclic amines) is 1. The van der Waals surface area contributed by atoms with Gasteiger partial charge in [-0.3, -0.25) is 9.69 Å². The Morgan fingerprint density at radius 3 is 2.54 bits per heavy atom. The van der Waals surface area contributed by atoms with Crippen molar-refractivity contribution in [1.29, 1.82) is 0 Å². The van der Waals surface area contributed by atoms with Crippen molar-refractivity contribution < 1.29 is 9.21 Å². The summed E-state index contributed by atoms with van der Waals surface area (Å²) < 4.78 is 3.47. The third-order valence-corrected chi connectivity index (χ3v) is 4.59. The summed E-state index contributed by atoms with van der Waals surface area (Å²) in [6.07, 6.45) is 1.11. The highest BCUT2D eigenvalue weighted by atomic mass is 35.6. The quantitative estimate of drug-likeness (QED) is 0.646. The van der Waals surface area contributed by atoms with Crippen molar-refractivity contribution in [3.8, 4) is 0 Å². The topological polar surface area (TPSA) is 62.6 Å². The Hall–Kier alpha value is -1.27. The maximum absolute atomic E-state index is 12.5. The summed E-state index contributed by atoms with van der Waals surface area (Å²) in [5.74, 6) is -0.627. The first-order valence-electron chi connectivity index (χ1n) is 7.51. The number of carbonyl (C=O) groups excluding carboxylic acids is 1. The first-order chi connectivity index (χ1) is 11.4. The monoisotopic (exact) mass is 388 g/mol. The molecule has 0 bridgehead atoms. The SMILES string of the molecule is O=C(NC(N1CCCC1)C(Cl)(Cl)Cl)c1cc2ccccc2oc1=O. The fraction of sp³-hybridized carbons (Fsp3) is 0.375. The molecular formula is C16H15Cl3N2O3. The summed E-state index contributed by atoms with van der Waals surface area (Å²) in [5, 5.41) is 3.30. The molecule has 0 radical (unpaired) electrons. The van der Waals surface area contributed by atoms with Gasteiger partial charge in [0, 0.05) is 18.5 Å². The van der Waals surface area contributed by atoms with Crippen LogP contribution in [0.3, 0.4) is 0 Å². The van der Waals surface area contributed by atoms with E-state index in [1.165, 1.54) is 6.07 Å². The average Bonchev–Trinajstić information content (AvgIpc) is 3.04. The van der Waals surface area contributed by atoms with E-state index in [1.807, 2.05) is 4.90 Å². The molecule has 1 aliphatic heterocycles. The summed E-state index contributed by atoms with van der Waals surface area (Å²) in [6, 6.07) is 8.43. The van der Waals surface area contributed by atoms with Gasteiger partial charge >= 0.3 is 5.63 Å². The minimum Gasteiger partial charge on any atom is -0.422 e. The highest BCUT2D eigenvalue weighted by molar-refractivity contribution is 6.68. The molecule has 24 heavy (non-hydrogen) atoms. The Morgan fingerprint density at radius 2 is 1.88 bits per heavy atom. The zero-order chi connectivity index (χ0) is 17.3. The van der Waals surface area contributed by atoms with Gasteiger partial charge in [-0.1, -0.05) is 53.0 Å². The van der Waals surface area contributed by atoms with E-state index in [-0.39, 0.29) is 5.56 Å². The van der Waals surface area contributed by atoms with Crippen LogP contribution in [0.25, 0.3) is 11.0 Å². The third kappa shape index (κ3) is 3.70. The first kappa shape index (κ1) is 17.5. The number of halogens is 3. The molecule has 1 aliphatic rings. The number of hydrogen-bond donors (Lipinski definition) is 1.